The van der Waals surface area contributed by atoms with Crippen LogP contribution in [0.4, 0.5) is 4.79 Å². The van der Waals surface area contributed by atoms with Crippen LogP contribution in [-0.2, 0) is 4.79 Å². The van der Waals surface area contributed by atoms with Crippen molar-refractivity contribution in [1.29, 1.82) is 0 Å². The Hall–Kier alpha value is -1.79. The second-order valence-corrected chi connectivity index (χ2v) is 7.23. The van der Waals surface area contributed by atoms with Gasteiger partial charge in [0.15, 0.2) is 0 Å². The minimum Gasteiger partial charge on any atom is -0.338 e. The molecule has 2 heterocycles. The van der Waals surface area contributed by atoms with Gasteiger partial charge in [-0.2, -0.15) is 0 Å². The lowest BCUT2D eigenvalue weighted by Crippen LogP contribution is -2.55. The van der Waals surface area contributed by atoms with E-state index in [1.807, 2.05) is 6.92 Å². The van der Waals surface area contributed by atoms with Crippen molar-refractivity contribution < 1.29 is 14.4 Å². The zero-order chi connectivity index (χ0) is 18.2. The van der Waals surface area contributed by atoms with E-state index in [2.05, 4.69) is 5.32 Å². The molecule has 25 heavy (non-hydrogen) atoms. The van der Waals surface area contributed by atoms with Crippen molar-refractivity contribution in [1.82, 2.24) is 15.1 Å². The van der Waals surface area contributed by atoms with Crippen LogP contribution in [0.15, 0.2) is 18.2 Å². The van der Waals surface area contributed by atoms with Gasteiger partial charge in [-0.05, 0) is 37.5 Å². The fourth-order valence-electron chi connectivity index (χ4n) is 3.37. The maximum atomic E-state index is 12.7. The summed E-state index contributed by atoms with van der Waals surface area (Å²) in [4.78, 5) is 40.3. The first-order valence-corrected chi connectivity index (χ1v) is 9.02. The minimum absolute atomic E-state index is 0.184. The summed E-state index contributed by atoms with van der Waals surface area (Å²) in [6.07, 6.45) is 1.51. The van der Waals surface area contributed by atoms with E-state index in [0.717, 1.165) is 6.42 Å². The lowest BCUT2D eigenvalue weighted by Gasteiger charge is -2.37. The summed E-state index contributed by atoms with van der Waals surface area (Å²) in [5.41, 5.74) is -0.497. The molecule has 134 valence electrons. The quantitative estimate of drug-likeness (QED) is 0.815. The molecule has 3 rings (SSSR count). The third-order valence-electron chi connectivity index (χ3n) is 4.76. The van der Waals surface area contributed by atoms with Gasteiger partial charge in [0.2, 0.25) is 0 Å². The van der Waals surface area contributed by atoms with E-state index in [-0.39, 0.29) is 17.8 Å². The largest absolute Gasteiger partial charge is 0.338 e. The van der Waals surface area contributed by atoms with E-state index in [0.29, 0.717) is 48.1 Å². The van der Waals surface area contributed by atoms with Crippen LogP contribution in [-0.4, -0.2) is 52.8 Å². The van der Waals surface area contributed by atoms with Crippen molar-refractivity contribution in [2.24, 2.45) is 0 Å². The number of piperidine rings is 1. The van der Waals surface area contributed by atoms with Gasteiger partial charge < -0.3 is 10.2 Å². The number of nitrogens with one attached hydrogen (secondary N) is 1. The van der Waals surface area contributed by atoms with E-state index in [9.17, 15) is 14.4 Å². The van der Waals surface area contributed by atoms with Gasteiger partial charge in [-0.25, -0.2) is 4.79 Å². The summed E-state index contributed by atoms with van der Waals surface area (Å²) in [5.74, 6) is -0.380. The fourth-order valence-corrected chi connectivity index (χ4v) is 3.86. The van der Waals surface area contributed by atoms with Gasteiger partial charge in [0, 0.05) is 24.7 Å². The highest BCUT2D eigenvalue weighted by Crippen LogP contribution is 2.31. The van der Waals surface area contributed by atoms with Crippen molar-refractivity contribution in [2.45, 2.75) is 31.7 Å². The first kappa shape index (κ1) is 18.0. The summed E-state index contributed by atoms with van der Waals surface area (Å²) >= 11 is 12.0. The lowest BCUT2D eigenvalue weighted by atomic mass is 9.87. The molecule has 0 atom stereocenters. The van der Waals surface area contributed by atoms with E-state index >= 15 is 0 Å². The summed E-state index contributed by atoms with van der Waals surface area (Å²) in [5, 5.41) is 3.60. The van der Waals surface area contributed by atoms with Gasteiger partial charge in [0.25, 0.3) is 11.8 Å². The van der Waals surface area contributed by atoms with Crippen LogP contribution >= 0.6 is 23.2 Å². The molecule has 1 N–H and O–H groups in total. The van der Waals surface area contributed by atoms with Crippen LogP contribution in [0.25, 0.3) is 0 Å². The molecule has 1 aromatic rings. The molecule has 1 spiro atoms. The molecule has 4 amide bonds. The van der Waals surface area contributed by atoms with Gasteiger partial charge in [-0.3, -0.25) is 14.5 Å². The Kier molecular flexibility index (Phi) is 4.93. The Labute approximate surface area is 156 Å². The molecule has 0 aromatic heterocycles. The number of halogens is 2. The van der Waals surface area contributed by atoms with Crippen LogP contribution in [0.1, 0.15) is 36.5 Å². The molecule has 2 fully saturated rings. The van der Waals surface area contributed by atoms with Gasteiger partial charge in [0.1, 0.15) is 5.54 Å². The summed E-state index contributed by atoms with van der Waals surface area (Å²) in [7, 11) is 0. The number of carbonyl (C=O) groups is 3. The number of urea groups is 1. The molecule has 0 bridgehead atoms. The van der Waals surface area contributed by atoms with Crippen molar-refractivity contribution in [3.8, 4) is 0 Å². The minimum atomic E-state index is -0.882. The number of rotatable bonds is 3. The maximum absolute atomic E-state index is 12.7. The molecular formula is C17H19Cl2N3O3. The van der Waals surface area contributed by atoms with Gasteiger partial charge >= 0.3 is 6.03 Å². The number of benzene rings is 1. The standard InChI is InChI=1S/C17H19Cl2N3O3/c1-2-7-22-15(24)17(20-16(22)25)5-8-21(9-6-17)14(23)12-4-3-11(18)10-13(12)19/h3-4,10H,2,5-9H2,1H3,(H,20,25). The Bertz CT molecular complexity index is 730. The number of hydrogen-bond donors (Lipinski definition) is 1. The SMILES string of the molecule is CCCN1C(=O)NC2(CCN(C(=O)c3ccc(Cl)cc3Cl)CC2)C1=O. The Balaban J connectivity index is 1.71. The van der Waals surface area contributed by atoms with Crippen LogP contribution in [0.3, 0.4) is 0 Å². The number of imide groups is 1. The normalized spacial score (nSPS) is 19.5. The predicted octanol–water partition coefficient (Wildman–Crippen LogP) is 2.93. The molecule has 0 aliphatic carbocycles. The van der Waals surface area contributed by atoms with E-state index in [1.165, 1.54) is 11.0 Å². The van der Waals surface area contributed by atoms with Gasteiger partial charge in [0.05, 0.1) is 10.6 Å². The zero-order valence-electron chi connectivity index (χ0n) is 13.8. The number of likely N-dealkylation sites (tertiary alicyclic amines) is 1. The molecule has 1 aromatic carbocycles. The molecule has 0 saturated carbocycles. The second-order valence-electron chi connectivity index (χ2n) is 6.39. The van der Waals surface area contributed by atoms with Crippen molar-refractivity contribution >= 4 is 41.0 Å². The lowest BCUT2D eigenvalue weighted by molar-refractivity contribution is -0.132. The molecule has 2 aliphatic rings. The first-order valence-electron chi connectivity index (χ1n) is 8.26. The summed E-state index contributed by atoms with van der Waals surface area (Å²) < 4.78 is 0. The van der Waals surface area contributed by atoms with Crippen molar-refractivity contribution in [3.05, 3.63) is 33.8 Å². The molecule has 0 radical (unpaired) electrons. The van der Waals surface area contributed by atoms with E-state index in [4.69, 9.17) is 23.2 Å². The van der Waals surface area contributed by atoms with Gasteiger partial charge in [-0.1, -0.05) is 30.1 Å². The third kappa shape index (κ3) is 3.20. The number of carbonyl (C=O) groups excluding carboxylic acids is 3. The average molecular weight is 384 g/mol. The molecular weight excluding hydrogens is 365 g/mol. The highest BCUT2D eigenvalue weighted by atomic mass is 35.5. The van der Waals surface area contributed by atoms with E-state index < -0.39 is 5.54 Å². The highest BCUT2D eigenvalue weighted by molar-refractivity contribution is 6.36. The topological polar surface area (TPSA) is 69.7 Å². The van der Waals surface area contributed by atoms with Crippen molar-refractivity contribution in [2.75, 3.05) is 19.6 Å². The molecule has 6 nitrogen and oxygen atoms in total. The molecule has 2 aliphatic heterocycles. The zero-order valence-corrected chi connectivity index (χ0v) is 15.4. The average Bonchev–Trinajstić information content (AvgIpc) is 2.80. The second kappa shape index (κ2) is 6.84. The molecule has 8 heteroatoms. The highest BCUT2D eigenvalue weighted by Gasteiger charge is 2.52. The smallest absolute Gasteiger partial charge is 0.325 e. The number of amides is 4. The molecule has 0 unspecified atom stereocenters. The third-order valence-corrected chi connectivity index (χ3v) is 5.31. The van der Waals surface area contributed by atoms with Crippen molar-refractivity contribution in [3.63, 3.8) is 0 Å². The van der Waals surface area contributed by atoms with Gasteiger partial charge in [-0.15, -0.1) is 0 Å². The Morgan fingerprint density at radius 3 is 2.52 bits per heavy atom. The Morgan fingerprint density at radius 1 is 1.24 bits per heavy atom. The Morgan fingerprint density at radius 2 is 1.92 bits per heavy atom. The van der Waals surface area contributed by atoms with Crippen LogP contribution < -0.4 is 5.32 Å². The van der Waals surface area contributed by atoms with Crippen LogP contribution in [0.2, 0.25) is 10.0 Å². The predicted molar refractivity (Wildman–Crippen MR) is 94.9 cm³/mol. The fraction of sp³-hybridized carbons (Fsp3) is 0.471. The van der Waals surface area contributed by atoms with Crippen LogP contribution in [0.5, 0.6) is 0 Å². The maximum Gasteiger partial charge on any atom is 0.325 e. The first-order chi connectivity index (χ1) is 11.9. The number of nitrogens with zero attached hydrogens (tertiary/aromatic N) is 2. The van der Waals surface area contributed by atoms with Crippen LogP contribution in [0, 0.1) is 0 Å². The number of hydrogen-bond acceptors (Lipinski definition) is 3. The summed E-state index contributed by atoms with van der Waals surface area (Å²) in [6, 6.07) is 4.41. The molecule has 2 saturated heterocycles. The monoisotopic (exact) mass is 383 g/mol. The summed E-state index contributed by atoms with van der Waals surface area (Å²) in [6.45, 7) is 3.09. The van der Waals surface area contributed by atoms with E-state index in [1.54, 1.807) is 17.0 Å².